The summed E-state index contributed by atoms with van der Waals surface area (Å²) < 4.78 is 0. The van der Waals surface area contributed by atoms with Crippen molar-refractivity contribution in [3.8, 4) is 0 Å². The molecular weight excluding hydrogens is 296 g/mol. The average Bonchev–Trinajstić information content (AvgIpc) is 2.53. The zero-order chi connectivity index (χ0) is 16.7. The van der Waals surface area contributed by atoms with Gasteiger partial charge in [-0.15, -0.1) is 0 Å². The molecule has 1 aromatic rings. The topological polar surface area (TPSA) is 95.5 Å². The fraction of sp³-hybridized carbons (Fsp3) is 0.471. The Kier molecular flexibility index (Phi) is 6.14. The van der Waals surface area contributed by atoms with Gasteiger partial charge in [0.05, 0.1) is 0 Å². The van der Waals surface area contributed by atoms with E-state index >= 15 is 0 Å². The number of carbonyl (C=O) groups excluding carboxylic acids is 2. The highest BCUT2D eigenvalue weighted by atomic mass is 16.4. The summed E-state index contributed by atoms with van der Waals surface area (Å²) in [7, 11) is 0. The average molecular weight is 318 g/mol. The quantitative estimate of drug-likeness (QED) is 0.701. The Bertz CT molecular complexity index is 559. The van der Waals surface area contributed by atoms with Crippen LogP contribution in [-0.2, 0) is 20.8 Å². The Morgan fingerprint density at radius 3 is 2.70 bits per heavy atom. The molecule has 1 heterocycles. The van der Waals surface area contributed by atoms with Crippen molar-refractivity contribution in [2.24, 2.45) is 5.92 Å². The van der Waals surface area contributed by atoms with Crippen molar-refractivity contribution in [3.05, 3.63) is 35.9 Å². The van der Waals surface area contributed by atoms with E-state index in [0.29, 0.717) is 25.8 Å². The molecule has 6 heteroatoms. The van der Waals surface area contributed by atoms with Crippen molar-refractivity contribution in [1.82, 2.24) is 10.6 Å². The van der Waals surface area contributed by atoms with E-state index in [1.165, 1.54) is 0 Å². The molecule has 124 valence electrons. The lowest BCUT2D eigenvalue weighted by Crippen LogP contribution is -2.45. The number of aliphatic carboxylic acids is 1. The van der Waals surface area contributed by atoms with Crippen LogP contribution in [0.4, 0.5) is 0 Å². The Balaban J connectivity index is 1.96. The Hall–Kier alpha value is -2.37. The van der Waals surface area contributed by atoms with Crippen LogP contribution in [-0.4, -0.2) is 35.5 Å². The van der Waals surface area contributed by atoms with E-state index in [1.54, 1.807) is 0 Å². The Labute approximate surface area is 135 Å². The minimum atomic E-state index is -0.880. The van der Waals surface area contributed by atoms with Gasteiger partial charge in [-0.05, 0) is 24.8 Å². The van der Waals surface area contributed by atoms with E-state index in [-0.39, 0.29) is 36.6 Å². The van der Waals surface area contributed by atoms with Crippen LogP contribution < -0.4 is 10.6 Å². The van der Waals surface area contributed by atoms with Crippen LogP contribution in [0.3, 0.4) is 0 Å². The number of hydrogen-bond acceptors (Lipinski definition) is 3. The van der Waals surface area contributed by atoms with Gasteiger partial charge in [0.2, 0.25) is 11.8 Å². The standard InChI is InChI=1S/C17H22N2O4/c20-15-11-13(8-9-18-15)17(23)19-14(6-7-16(21)22)10-12-4-2-1-3-5-12/h1-5,13-14H,6-11H2,(H,18,20)(H,19,23)(H,21,22). The summed E-state index contributed by atoms with van der Waals surface area (Å²) in [6.45, 7) is 0.509. The maximum absolute atomic E-state index is 12.4. The second-order valence-corrected chi connectivity index (χ2v) is 5.87. The SMILES string of the molecule is O=C(O)CCC(Cc1ccccc1)NC(=O)C1CCNC(=O)C1. The largest absolute Gasteiger partial charge is 0.481 e. The minimum Gasteiger partial charge on any atom is -0.481 e. The van der Waals surface area contributed by atoms with Crippen LogP contribution in [0.25, 0.3) is 0 Å². The summed E-state index contributed by atoms with van der Waals surface area (Å²) >= 11 is 0. The summed E-state index contributed by atoms with van der Waals surface area (Å²) in [5, 5.41) is 14.5. The van der Waals surface area contributed by atoms with Crippen LogP contribution in [0, 0.1) is 5.92 Å². The lowest BCUT2D eigenvalue weighted by molar-refractivity contribution is -0.137. The number of carboxylic acid groups (broad SMARTS) is 1. The van der Waals surface area contributed by atoms with Crippen LogP contribution in [0.1, 0.15) is 31.2 Å². The second kappa shape index (κ2) is 8.31. The molecule has 1 aromatic carbocycles. The van der Waals surface area contributed by atoms with Crippen molar-refractivity contribution < 1.29 is 19.5 Å². The van der Waals surface area contributed by atoms with Gasteiger partial charge in [0.15, 0.2) is 0 Å². The molecule has 2 amide bonds. The lowest BCUT2D eigenvalue weighted by Gasteiger charge is -2.25. The van der Waals surface area contributed by atoms with Gasteiger partial charge in [-0.2, -0.15) is 0 Å². The van der Waals surface area contributed by atoms with E-state index in [9.17, 15) is 14.4 Å². The fourth-order valence-electron chi connectivity index (χ4n) is 2.75. The van der Waals surface area contributed by atoms with E-state index in [4.69, 9.17) is 5.11 Å². The maximum Gasteiger partial charge on any atom is 0.303 e. The maximum atomic E-state index is 12.4. The van der Waals surface area contributed by atoms with Crippen molar-refractivity contribution in [1.29, 1.82) is 0 Å². The molecule has 1 saturated heterocycles. The molecule has 1 aliphatic rings. The fourth-order valence-corrected chi connectivity index (χ4v) is 2.75. The third-order valence-electron chi connectivity index (χ3n) is 4.00. The highest BCUT2D eigenvalue weighted by molar-refractivity contribution is 5.87. The van der Waals surface area contributed by atoms with E-state index in [0.717, 1.165) is 5.56 Å². The number of rotatable bonds is 7. The highest BCUT2D eigenvalue weighted by Gasteiger charge is 2.27. The van der Waals surface area contributed by atoms with E-state index < -0.39 is 5.97 Å². The summed E-state index contributed by atoms with van der Waals surface area (Å²) in [5.74, 6) is -1.48. The Morgan fingerprint density at radius 1 is 1.30 bits per heavy atom. The number of nitrogens with one attached hydrogen (secondary N) is 2. The zero-order valence-corrected chi connectivity index (χ0v) is 13.0. The lowest BCUT2D eigenvalue weighted by atomic mass is 9.95. The van der Waals surface area contributed by atoms with Gasteiger partial charge in [-0.1, -0.05) is 30.3 Å². The molecular formula is C17H22N2O4. The molecule has 2 atom stereocenters. The van der Waals surface area contributed by atoms with Crippen LogP contribution in [0.5, 0.6) is 0 Å². The van der Waals surface area contributed by atoms with Gasteiger partial charge >= 0.3 is 5.97 Å². The molecule has 0 spiro atoms. The molecule has 3 N–H and O–H groups in total. The molecule has 23 heavy (non-hydrogen) atoms. The molecule has 2 rings (SSSR count). The first-order valence-electron chi connectivity index (χ1n) is 7.87. The highest BCUT2D eigenvalue weighted by Crippen LogP contribution is 2.15. The summed E-state index contributed by atoms with van der Waals surface area (Å²) in [4.78, 5) is 34.6. The van der Waals surface area contributed by atoms with Crippen LogP contribution >= 0.6 is 0 Å². The molecule has 0 bridgehead atoms. The smallest absolute Gasteiger partial charge is 0.303 e. The minimum absolute atomic E-state index is 0.00291. The van der Waals surface area contributed by atoms with Crippen LogP contribution in [0.15, 0.2) is 30.3 Å². The zero-order valence-electron chi connectivity index (χ0n) is 13.0. The van der Waals surface area contributed by atoms with Crippen LogP contribution in [0.2, 0.25) is 0 Å². The summed E-state index contributed by atoms with van der Waals surface area (Å²) in [6.07, 6.45) is 1.77. The van der Waals surface area contributed by atoms with E-state index in [1.807, 2.05) is 30.3 Å². The molecule has 1 aliphatic heterocycles. The third-order valence-corrected chi connectivity index (χ3v) is 4.00. The third kappa shape index (κ3) is 5.73. The molecule has 0 aliphatic carbocycles. The van der Waals surface area contributed by atoms with Crippen molar-refractivity contribution in [3.63, 3.8) is 0 Å². The molecule has 0 aromatic heterocycles. The predicted molar refractivity (Wildman–Crippen MR) is 84.7 cm³/mol. The van der Waals surface area contributed by atoms with Gasteiger partial charge < -0.3 is 15.7 Å². The van der Waals surface area contributed by atoms with Gasteiger partial charge in [0, 0.05) is 31.3 Å². The first-order valence-corrected chi connectivity index (χ1v) is 7.87. The number of piperidine rings is 1. The first kappa shape index (κ1) is 17.0. The van der Waals surface area contributed by atoms with Gasteiger partial charge in [0.1, 0.15) is 0 Å². The monoisotopic (exact) mass is 318 g/mol. The van der Waals surface area contributed by atoms with Gasteiger partial charge in [-0.25, -0.2) is 0 Å². The number of benzene rings is 1. The number of amides is 2. The molecule has 0 saturated carbocycles. The van der Waals surface area contributed by atoms with Gasteiger partial charge in [-0.3, -0.25) is 14.4 Å². The van der Waals surface area contributed by atoms with Crippen molar-refractivity contribution in [2.45, 2.75) is 38.1 Å². The number of hydrogen-bond donors (Lipinski definition) is 3. The predicted octanol–water partition coefficient (Wildman–Crippen LogP) is 1.10. The molecule has 1 fully saturated rings. The van der Waals surface area contributed by atoms with E-state index in [2.05, 4.69) is 10.6 Å². The number of carboxylic acids is 1. The first-order chi connectivity index (χ1) is 11.0. The number of carbonyl (C=O) groups is 3. The van der Waals surface area contributed by atoms with Crippen molar-refractivity contribution in [2.75, 3.05) is 6.54 Å². The molecule has 2 unspecified atom stereocenters. The normalized spacial score (nSPS) is 18.8. The van der Waals surface area contributed by atoms with Gasteiger partial charge in [0.25, 0.3) is 0 Å². The molecule has 0 radical (unpaired) electrons. The summed E-state index contributed by atoms with van der Waals surface area (Å²) in [6, 6.07) is 9.40. The molecule has 6 nitrogen and oxygen atoms in total. The summed E-state index contributed by atoms with van der Waals surface area (Å²) in [5.41, 5.74) is 1.05. The Morgan fingerprint density at radius 2 is 2.04 bits per heavy atom. The van der Waals surface area contributed by atoms with Crippen molar-refractivity contribution >= 4 is 17.8 Å². The second-order valence-electron chi connectivity index (χ2n) is 5.87.